The zero-order chi connectivity index (χ0) is 26.6. The maximum atomic E-state index is 12.6. The van der Waals surface area contributed by atoms with Crippen LogP contribution in [0.5, 0.6) is 5.75 Å². The molecule has 0 saturated heterocycles. The van der Waals surface area contributed by atoms with Crippen LogP contribution in [-0.2, 0) is 0 Å². The molecule has 0 bridgehead atoms. The first-order valence-corrected chi connectivity index (χ1v) is 12.9. The van der Waals surface area contributed by atoms with Gasteiger partial charge in [0.1, 0.15) is 49.3 Å². The molecule has 7 N–H and O–H groups in total. The summed E-state index contributed by atoms with van der Waals surface area (Å²) in [7, 11) is 0. The molecule has 0 aliphatic rings. The van der Waals surface area contributed by atoms with Gasteiger partial charge in [0.2, 0.25) is 0 Å². The molecular formula is C30H40Cl2N2O5. The van der Waals surface area contributed by atoms with Crippen LogP contribution < -0.4 is 40.2 Å². The van der Waals surface area contributed by atoms with Crippen LogP contribution >= 0.6 is 0 Å². The fraction of sp³-hybridized carbons (Fsp3) is 0.367. The van der Waals surface area contributed by atoms with Gasteiger partial charge in [-0.2, -0.15) is 0 Å². The summed E-state index contributed by atoms with van der Waals surface area (Å²) in [6.07, 6.45) is -1.53. The number of aliphatic hydroxyl groups is 3. The molecular weight excluding hydrogens is 539 g/mol. The van der Waals surface area contributed by atoms with Crippen LogP contribution in [0.4, 0.5) is 0 Å². The van der Waals surface area contributed by atoms with E-state index in [1.807, 2.05) is 85.1 Å². The molecule has 3 aromatic carbocycles. The second-order valence-electron chi connectivity index (χ2n) is 9.59. The maximum absolute atomic E-state index is 12.6. The molecule has 3 aromatic rings. The number of ketones is 1. The van der Waals surface area contributed by atoms with Crippen molar-refractivity contribution in [2.75, 3.05) is 19.7 Å². The second-order valence-corrected chi connectivity index (χ2v) is 9.59. The van der Waals surface area contributed by atoms with Crippen molar-refractivity contribution >= 4 is 5.78 Å². The number of nitrogens with two attached hydrogens (primary N) is 2. The number of hydrogen-bond donors (Lipinski definition) is 5. The summed E-state index contributed by atoms with van der Waals surface area (Å²) < 4.78 is 5.68. The average Bonchev–Trinajstić information content (AvgIpc) is 2.95. The molecule has 0 aliphatic carbocycles. The van der Waals surface area contributed by atoms with E-state index in [0.717, 1.165) is 11.1 Å². The molecule has 7 nitrogen and oxygen atoms in total. The third-order valence-electron chi connectivity index (χ3n) is 6.59. The molecule has 0 heterocycles. The lowest BCUT2D eigenvalue weighted by Gasteiger charge is -2.19. The largest absolute Gasteiger partial charge is 1.00 e. The van der Waals surface area contributed by atoms with Gasteiger partial charge in [-0.1, -0.05) is 60.7 Å². The van der Waals surface area contributed by atoms with Crippen LogP contribution in [0.15, 0.2) is 84.9 Å². The van der Waals surface area contributed by atoms with E-state index >= 15 is 0 Å². The fourth-order valence-corrected chi connectivity index (χ4v) is 4.16. The second kappa shape index (κ2) is 18.0. The SMILES string of the molecule is CC([NH2+]CCC(=O)c1ccc(OCC(O)C[NH2+]C(C)C(O)c2ccccc2)cc1)C(O)c1ccccc1.[Cl-].[Cl-]. The first kappa shape index (κ1) is 34.5. The molecule has 0 fully saturated rings. The summed E-state index contributed by atoms with van der Waals surface area (Å²) in [6.45, 7) is 4.98. The Balaban J connectivity index is 0.00000380. The lowest BCUT2D eigenvalue weighted by molar-refractivity contribution is -0.699. The van der Waals surface area contributed by atoms with Crippen molar-refractivity contribution in [3.05, 3.63) is 102 Å². The third kappa shape index (κ3) is 11.3. The maximum Gasteiger partial charge on any atom is 0.168 e. The Hall–Kier alpha value is -2.49. The number of quaternary nitrogens is 2. The Labute approximate surface area is 243 Å². The molecule has 9 heteroatoms. The normalized spacial score (nSPS) is 14.6. The summed E-state index contributed by atoms with van der Waals surface area (Å²) in [5, 5.41) is 35.1. The number of aliphatic hydroxyl groups excluding tert-OH is 3. The van der Waals surface area contributed by atoms with E-state index in [2.05, 4.69) is 0 Å². The number of Topliss-reactive ketones (excluding diaryl/α,β-unsaturated/α-hetero) is 1. The summed E-state index contributed by atoms with van der Waals surface area (Å²) >= 11 is 0. The summed E-state index contributed by atoms with van der Waals surface area (Å²) in [4.78, 5) is 12.6. The highest BCUT2D eigenvalue weighted by molar-refractivity contribution is 5.96. The van der Waals surface area contributed by atoms with E-state index < -0.39 is 18.3 Å². The Morgan fingerprint density at radius 3 is 1.74 bits per heavy atom. The lowest BCUT2D eigenvalue weighted by atomic mass is 10.0. The van der Waals surface area contributed by atoms with Gasteiger partial charge in [0.15, 0.2) is 5.78 Å². The van der Waals surface area contributed by atoms with Crippen molar-refractivity contribution in [1.82, 2.24) is 0 Å². The van der Waals surface area contributed by atoms with Gasteiger partial charge in [0, 0.05) is 5.56 Å². The van der Waals surface area contributed by atoms with Gasteiger partial charge in [0.05, 0.1) is 13.0 Å². The van der Waals surface area contributed by atoms with Crippen LogP contribution in [0.25, 0.3) is 0 Å². The van der Waals surface area contributed by atoms with Gasteiger partial charge >= 0.3 is 0 Å². The lowest BCUT2D eigenvalue weighted by Crippen LogP contribution is -3.00. The van der Waals surface area contributed by atoms with E-state index in [4.69, 9.17) is 4.74 Å². The van der Waals surface area contributed by atoms with Gasteiger partial charge in [-0.25, -0.2) is 0 Å². The fourth-order valence-electron chi connectivity index (χ4n) is 4.16. The Kier molecular flexibility index (Phi) is 15.9. The highest BCUT2D eigenvalue weighted by Crippen LogP contribution is 2.16. The minimum Gasteiger partial charge on any atom is -1.00 e. The summed E-state index contributed by atoms with van der Waals surface area (Å²) in [5.41, 5.74) is 2.33. The van der Waals surface area contributed by atoms with Crippen molar-refractivity contribution in [3.63, 3.8) is 0 Å². The van der Waals surface area contributed by atoms with Crippen molar-refractivity contribution in [3.8, 4) is 5.75 Å². The van der Waals surface area contributed by atoms with Crippen LogP contribution in [0.2, 0.25) is 0 Å². The number of carbonyl (C=O) groups excluding carboxylic acids is 1. The van der Waals surface area contributed by atoms with Gasteiger partial charge in [-0.15, -0.1) is 0 Å². The third-order valence-corrected chi connectivity index (χ3v) is 6.59. The zero-order valence-electron chi connectivity index (χ0n) is 22.4. The number of benzene rings is 3. The predicted octanol–water partition coefficient (Wildman–Crippen LogP) is -4.62. The van der Waals surface area contributed by atoms with Gasteiger partial charge in [0.25, 0.3) is 0 Å². The molecule has 0 saturated carbocycles. The quantitative estimate of drug-likeness (QED) is 0.116. The molecule has 5 atom stereocenters. The molecule has 0 radical (unpaired) electrons. The van der Waals surface area contributed by atoms with Crippen LogP contribution in [0, 0.1) is 0 Å². The van der Waals surface area contributed by atoms with E-state index in [1.165, 1.54) is 0 Å². The minimum atomic E-state index is -0.699. The minimum absolute atomic E-state index is 0. The van der Waals surface area contributed by atoms with Crippen molar-refractivity contribution < 1.29 is 60.3 Å². The highest BCUT2D eigenvalue weighted by atomic mass is 35.5. The molecule has 0 aliphatic heterocycles. The van der Waals surface area contributed by atoms with Crippen molar-refractivity contribution in [2.45, 2.75) is 50.7 Å². The first-order chi connectivity index (χ1) is 17.8. The number of carbonyl (C=O) groups is 1. The first-order valence-electron chi connectivity index (χ1n) is 12.9. The van der Waals surface area contributed by atoms with Gasteiger partial charge < -0.3 is 55.5 Å². The van der Waals surface area contributed by atoms with Crippen molar-refractivity contribution in [2.24, 2.45) is 0 Å². The van der Waals surface area contributed by atoms with E-state index in [1.54, 1.807) is 24.3 Å². The molecule has 214 valence electrons. The molecule has 0 aromatic heterocycles. The van der Waals surface area contributed by atoms with E-state index in [9.17, 15) is 20.1 Å². The monoisotopic (exact) mass is 578 g/mol. The van der Waals surface area contributed by atoms with E-state index in [0.29, 0.717) is 30.8 Å². The number of ether oxygens (including phenoxy) is 1. The Bertz CT molecular complexity index is 1070. The van der Waals surface area contributed by atoms with Gasteiger partial charge in [-0.3, -0.25) is 4.79 Å². The predicted molar refractivity (Wildman–Crippen MR) is 142 cm³/mol. The summed E-state index contributed by atoms with van der Waals surface area (Å²) in [5.74, 6) is 0.615. The Morgan fingerprint density at radius 2 is 1.23 bits per heavy atom. The molecule has 39 heavy (non-hydrogen) atoms. The van der Waals surface area contributed by atoms with Crippen molar-refractivity contribution in [1.29, 1.82) is 0 Å². The smallest absolute Gasteiger partial charge is 0.168 e. The topological polar surface area (TPSA) is 120 Å². The number of rotatable bonds is 15. The van der Waals surface area contributed by atoms with Crippen LogP contribution in [-0.4, -0.2) is 59.0 Å². The van der Waals surface area contributed by atoms with Gasteiger partial charge in [-0.05, 0) is 49.2 Å². The highest BCUT2D eigenvalue weighted by Gasteiger charge is 2.21. The average molecular weight is 580 g/mol. The molecule has 0 amide bonds. The molecule has 5 unspecified atom stereocenters. The number of halogens is 2. The van der Waals surface area contributed by atoms with E-state index in [-0.39, 0.29) is 49.3 Å². The van der Waals surface area contributed by atoms with Crippen LogP contribution in [0.1, 0.15) is 54.0 Å². The van der Waals surface area contributed by atoms with Crippen LogP contribution in [0.3, 0.4) is 0 Å². The zero-order valence-corrected chi connectivity index (χ0v) is 23.9. The number of hydrogen-bond acceptors (Lipinski definition) is 5. The summed E-state index contributed by atoms with van der Waals surface area (Å²) in [6, 6.07) is 25.8. The molecule has 3 rings (SSSR count). The standard InChI is InChI=1S/C30H38N2O5.2ClH/c1-21(29(35)24-9-5-3-6-10-24)31-18-17-28(34)23-13-15-27(16-14-23)37-20-26(33)19-32-22(2)30(36)25-11-7-4-8-12-25;;/h3-16,21-22,26,29-33,35-36H,17-20H2,1-2H3;2*1H. The Morgan fingerprint density at radius 1 is 0.744 bits per heavy atom. The molecule has 0 spiro atoms.